The first-order valence-electron chi connectivity index (χ1n) is 7.10. The van der Waals surface area contributed by atoms with Crippen LogP contribution in [0.25, 0.3) is 11.0 Å². The molecule has 0 saturated carbocycles. The zero-order valence-electron chi connectivity index (χ0n) is 12.2. The number of aromatic nitrogens is 3. The van der Waals surface area contributed by atoms with Crippen molar-refractivity contribution in [1.82, 2.24) is 20.0 Å². The van der Waals surface area contributed by atoms with Crippen molar-refractivity contribution in [3.63, 3.8) is 0 Å². The van der Waals surface area contributed by atoms with E-state index in [0.29, 0.717) is 18.1 Å². The van der Waals surface area contributed by atoms with Crippen LogP contribution in [0.5, 0.6) is 0 Å². The molecule has 0 radical (unpaired) electrons. The van der Waals surface area contributed by atoms with E-state index in [0.717, 1.165) is 24.0 Å². The standard InChI is InChI=1S/C15H17N5O2/c1-11-9-14(19-22-11)18-15(21)16-7-4-8-20-10-17-12-5-2-3-6-13(12)20/h2-3,5-6,9-10H,4,7-8H2,1H3,(H2,16,18,19,21). The van der Waals surface area contributed by atoms with Crippen LogP contribution in [0.2, 0.25) is 0 Å². The van der Waals surface area contributed by atoms with Gasteiger partial charge in [0.25, 0.3) is 0 Å². The van der Waals surface area contributed by atoms with Crippen molar-refractivity contribution in [3.05, 3.63) is 42.4 Å². The predicted octanol–water partition coefficient (Wildman–Crippen LogP) is 2.54. The smallest absolute Gasteiger partial charge is 0.320 e. The quantitative estimate of drug-likeness (QED) is 0.709. The molecule has 0 saturated heterocycles. The van der Waals surface area contributed by atoms with Crippen molar-refractivity contribution < 1.29 is 9.32 Å². The molecule has 2 amide bonds. The highest BCUT2D eigenvalue weighted by molar-refractivity contribution is 5.88. The topological polar surface area (TPSA) is 85.0 Å². The summed E-state index contributed by atoms with van der Waals surface area (Å²) in [5, 5.41) is 9.10. The van der Waals surface area contributed by atoms with Gasteiger partial charge in [0.15, 0.2) is 5.82 Å². The minimum atomic E-state index is -0.288. The molecule has 2 N–H and O–H groups in total. The molecule has 2 heterocycles. The van der Waals surface area contributed by atoms with E-state index in [1.165, 1.54) is 0 Å². The third-order valence-corrected chi connectivity index (χ3v) is 3.26. The number of amides is 2. The molecule has 3 aromatic rings. The van der Waals surface area contributed by atoms with Gasteiger partial charge in [0.1, 0.15) is 5.76 Å². The molecule has 7 heteroatoms. The molecule has 0 fully saturated rings. The zero-order chi connectivity index (χ0) is 15.4. The Hall–Kier alpha value is -2.83. The second-order valence-electron chi connectivity index (χ2n) is 4.98. The number of carbonyl (C=O) groups excluding carboxylic acids is 1. The summed E-state index contributed by atoms with van der Waals surface area (Å²) in [4.78, 5) is 16.0. The molecule has 0 atom stereocenters. The van der Waals surface area contributed by atoms with Crippen LogP contribution < -0.4 is 10.6 Å². The van der Waals surface area contributed by atoms with Gasteiger partial charge in [-0.05, 0) is 25.5 Å². The second-order valence-corrected chi connectivity index (χ2v) is 4.98. The average molecular weight is 299 g/mol. The van der Waals surface area contributed by atoms with Gasteiger partial charge in [-0.1, -0.05) is 17.3 Å². The lowest BCUT2D eigenvalue weighted by Crippen LogP contribution is -2.30. The summed E-state index contributed by atoms with van der Waals surface area (Å²) < 4.78 is 6.96. The summed E-state index contributed by atoms with van der Waals surface area (Å²) in [7, 11) is 0. The van der Waals surface area contributed by atoms with E-state index in [1.807, 2.05) is 30.6 Å². The third-order valence-electron chi connectivity index (χ3n) is 3.26. The third kappa shape index (κ3) is 3.25. The minimum absolute atomic E-state index is 0.288. The molecular formula is C15H17N5O2. The van der Waals surface area contributed by atoms with Crippen LogP contribution in [0.1, 0.15) is 12.2 Å². The van der Waals surface area contributed by atoms with Gasteiger partial charge >= 0.3 is 6.03 Å². The Morgan fingerprint density at radius 3 is 3.05 bits per heavy atom. The molecule has 1 aromatic carbocycles. The summed E-state index contributed by atoms with van der Waals surface area (Å²) in [5.41, 5.74) is 2.08. The van der Waals surface area contributed by atoms with Gasteiger partial charge in [0.05, 0.1) is 17.4 Å². The Bertz CT molecular complexity index is 777. The van der Waals surface area contributed by atoms with Gasteiger partial charge in [-0.3, -0.25) is 5.32 Å². The van der Waals surface area contributed by atoms with Crippen LogP contribution in [0.4, 0.5) is 10.6 Å². The lowest BCUT2D eigenvalue weighted by Gasteiger charge is -2.06. The summed E-state index contributed by atoms with van der Waals surface area (Å²) >= 11 is 0. The Labute approximate surface area is 127 Å². The fourth-order valence-electron chi connectivity index (χ4n) is 2.23. The molecule has 0 aliphatic rings. The van der Waals surface area contributed by atoms with Crippen LogP contribution in [-0.4, -0.2) is 27.3 Å². The predicted molar refractivity (Wildman–Crippen MR) is 82.6 cm³/mol. The summed E-state index contributed by atoms with van der Waals surface area (Å²) in [6.07, 6.45) is 2.63. The highest BCUT2D eigenvalue weighted by Gasteiger charge is 2.05. The molecule has 114 valence electrons. The number of para-hydroxylation sites is 2. The second kappa shape index (κ2) is 6.30. The van der Waals surface area contributed by atoms with Crippen LogP contribution in [0.3, 0.4) is 0 Å². The van der Waals surface area contributed by atoms with E-state index >= 15 is 0 Å². The first kappa shape index (κ1) is 14.1. The van der Waals surface area contributed by atoms with Crippen molar-refractivity contribution >= 4 is 22.9 Å². The monoisotopic (exact) mass is 299 g/mol. The van der Waals surface area contributed by atoms with Gasteiger partial charge in [-0.25, -0.2) is 9.78 Å². The van der Waals surface area contributed by atoms with Gasteiger partial charge in [0, 0.05) is 19.2 Å². The SMILES string of the molecule is Cc1cc(NC(=O)NCCCn2cnc3ccccc32)no1. The van der Waals surface area contributed by atoms with E-state index in [1.54, 1.807) is 13.0 Å². The molecule has 3 rings (SSSR count). The molecule has 0 aliphatic carbocycles. The molecular weight excluding hydrogens is 282 g/mol. The number of imidazole rings is 1. The lowest BCUT2D eigenvalue weighted by molar-refractivity contribution is 0.251. The lowest BCUT2D eigenvalue weighted by atomic mass is 10.3. The number of hydrogen-bond acceptors (Lipinski definition) is 4. The summed E-state index contributed by atoms with van der Waals surface area (Å²) in [5.74, 6) is 1.07. The fraction of sp³-hybridized carbons (Fsp3) is 0.267. The van der Waals surface area contributed by atoms with E-state index in [4.69, 9.17) is 4.52 Å². The summed E-state index contributed by atoms with van der Waals surface area (Å²) in [6.45, 7) is 3.13. The van der Waals surface area contributed by atoms with Crippen molar-refractivity contribution in [1.29, 1.82) is 0 Å². The number of benzene rings is 1. The van der Waals surface area contributed by atoms with E-state index < -0.39 is 0 Å². The number of rotatable bonds is 5. The van der Waals surface area contributed by atoms with Gasteiger partial charge < -0.3 is 14.4 Å². The van der Waals surface area contributed by atoms with Crippen molar-refractivity contribution in [3.8, 4) is 0 Å². The molecule has 22 heavy (non-hydrogen) atoms. The largest absolute Gasteiger partial charge is 0.360 e. The van der Waals surface area contributed by atoms with Crippen molar-refractivity contribution in [2.75, 3.05) is 11.9 Å². The Morgan fingerprint density at radius 2 is 2.23 bits per heavy atom. The molecule has 0 aliphatic heterocycles. The average Bonchev–Trinajstić information content (AvgIpc) is 3.10. The highest BCUT2D eigenvalue weighted by Crippen LogP contribution is 2.11. The molecule has 0 unspecified atom stereocenters. The van der Waals surface area contributed by atoms with E-state index in [9.17, 15) is 4.79 Å². The first-order chi connectivity index (χ1) is 10.7. The van der Waals surface area contributed by atoms with Gasteiger partial charge in [-0.2, -0.15) is 0 Å². The van der Waals surface area contributed by atoms with Gasteiger partial charge in [-0.15, -0.1) is 0 Å². The Morgan fingerprint density at radius 1 is 1.36 bits per heavy atom. The maximum Gasteiger partial charge on any atom is 0.320 e. The number of nitrogens with one attached hydrogen (secondary N) is 2. The zero-order valence-corrected chi connectivity index (χ0v) is 12.2. The summed E-state index contributed by atoms with van der Waals surface area (Å²) in [6, 6.07) is 9.36. The molecule has 7 nitrogen and oxygen atoms in total. The van der Waals surface area contributed by atoms with Crippen LogP contribution in [0, 0.1) is 6.92 Å². The number of urea groups is 1. The molecule has 0 spiro atoms. The maximum absolute atomic E-state index is 11.7. The Balaban J connectivity index is 1.44. The van der Waals surface area contributed by atoms with Gasteiger partial charge in [0.2, 0.25) is 0 Å². The number of aryl methyl sites for hydroxylation is 2. The number of fused-ring (bicyclic) bond motifs is 1. The van der Waals surface area contributed by atoms with E-state index in [2.05, 4.69) is 25.3 Å². The first-order valence-corrected chi connectivity index (χ1v) is 7.10. The number of anilines is 1. The van der Waals surface area contributed by atoms with Crippen LogP contribution in [-0.2, 0) is 6.54 Å². The fourth-order valence-corrected chi connectivity index (χ4v) is 2.23. The Kier molecular flexibility index (Phi) is 4.04. The van der Waals surface area contributed by atoms with Crippen LogP contribution in [0.15, 0.2) is 41.2 Å². The molecule has 2 aromatic heterocycles. The van der Waals surface area contributed by atoms with Crippen LogP contribution >= 0.6 is 0 Å². The number of hydrogen-bond donors (Lipinski definition) is 2. The number of nitrogens with zero attached hydrogens (tertiary/aromatic N) is 3. The maximum atomic E-state index is 11.7. The minimum Gasteiger partial charge on any atom is -0.360 e. The van der Waals surface area contributed by atoms with Crippen molar-refractivity contribution in [2.45, 2.75) is 19.9 Å². The molecule has 0 bridgehead atoms. The van der Waals surface area contributed by atoms with Crippen molar-refractivity contribution in [2.24, 2.45) is 0 Å². The number of carbonyl (C=O) groups is 1. The normalized spacial score (nSPS) is 10.8. The van der Waals surface area contributed by atoms with E-state index in [-0.39, 0.29) is 6.03 Å². The highest BCUT2D eigenvalue weighted by atomic mass is 16.5.